The summed E-state index contributed by atoms with van der Waals surface area (Å²) < 4.78 is 77.0. The Kier molecular flexibility index (Phi) is 34.8. The van der Waals surface area contributed by atoms with Gasteiger partial charge in [-0.3, -0.25) is 0 Å². The van der Waals surface area contributed by atoms with Gasteiger partial charge in [0.1, 0.15) is 24.7 Å². The van der Waals surface area contributed by atoms with Gasteiger partial charge in [0.15, 0.2) is 0 Å². The molecule has 0 unspecified atom stereocenters. The van der Waals surface area contributed by atoms with E-state index in [4.69, 9.17) is 76.5 Å². The van der Waals surface area contributed by atoms with Gasteiger partial charge in [-0.1, -0.05) is 24.3 Å². The van der Waals surface area contributed by atoms with Crippen LogP contribution in [0.4, 0.5) is 0 Å². The molecule has 16 nitrogen and oxygen atoms in total. The van der Waals surface area contributed by atoms with Crippen molar-refractivity contribution in [3.05, 3.63) is 59.7 Å². The predicted octanol–water partition coefficient (Wildman–Crippen LogP) is 2.33. The monoisotopic (exact) mass is 802 g/mol. The number of rotatable bonds is 43. The highest BCUT2D eigenvalue weighted by Gasteiger charge is 1.99. The van der Waals surface area contributed by atoms with E-state index in [9.17, 15) is 0 Å². The molecule has 2 N–H and O–H groups in total. The number of hydrogen-bond acceptors (Lipinski definition) is 16. The molecule has 0 aliphatic carbocycles. The van der Waals surface area contributed by atoms with Gasteiger partial charge in [0, 0.05) is 0 Å². The molecule has 0 fully saturated rings. The third-order valence-corrected chi connectivity index (χ3v) is 7.30. The molecule has 0 amide bonds. The van der Waals surface area contributed by atoms with Crippen molar-refractivity contribution in [1.29, 1.82) is 0 Å². The zero-order valence-electron chi connectivity index (χ0n) is 33.0. The quantitative estimate of drug-likeness (QED) is 0.0937. The van der Waals surface area contributed by atoms with E-state index < -0.39 is 0 Å². The molecule has 0 aromatic heterocycles. The van der Waals surface area contributed by atoms with E-state index in [1.165, 1.54) is 0 Å². The van der Waals surface area contributed by atoms with Gasteiger partial charge in [0.2, 0.25) is 0 Å². The molecule has 0 aliphatic heterocycles. The Balaban J connectivity index is 1.13. The minimum absolute atomic E-state index is 0.0213. The fourth-order valence-corrected chi connectivity index (χ4v) is 4.34. The SMILES string of the molecule is OCc1ccc(OCCOCCOCCOCCOCCOCCOCCOCCOCCOCCOCCOCCOCCOc2ccc(CO)cc2)cc1. The Morgan fingerprint density at radius 3 is 0.554 bits per heavy atom. The molecule has 0 atom stereocenters. The average Bonchev–Trinajstić information content (AvgIpc) is 3.23. The summed E-state index contributed by atoms with van der Waals surface area (Å²) in [5.41, 5.74) is 1.70. The maximum absolute atomic E-state index is 9.05. The lowest BCUT2D eigenvalue weighted by Gasteiger charge is -2.09. The van der Waals surface area contributed by atoms with Crippen LogP contribution in [-0.2, 0) is 70.1 Å². The van der Waals surface area contributed by atoms with Crippen LogP contribution < -0.4 is 9.47 Å². The van der Waals surface area contributed by atoms with Crippen molar-refractivity contribution in [2.24, 2.45) is 0 Å². The van der Waals surface area contributed by atoms with E-state index in [1.807, 2.05) is 48.5 Å². The Morgan fingerprint density at radius 2 is 0.393 bits per heavy atom. The molecule has 2 rings (SSSR count). The van der Waals surface area contributed by atoms with Crippen LogP contribution in [0.25, 0.3) is 0 Å². The van der Waals surface area contributed by atoms with E-state index in [2.05, 4.69) is 0 Å². The lowest BCUT2D eigenvalue weighted by atomic mass is 10.2. The lowest BCUT2D eigenvalue weighted by Crippen LogP contribution is -2.15. The Bertz CT molecular complexity index is 994. The van der Waals surface area contributed by atoms with Crippen molar-refractivity contribution in [1.82, 2.24) is 0 Å². The third kappa shape index (κ3) is 31.6. The third-order valence-electron chi connectivity index (χ3n) is 7.30. The second kappa shape index (κ2) is 39.3. The van der Waals surface area contributed by atoms with Gasteiger partial charge in [-0.15, -0.1) is 0 Å². The van der Waals surface area contributed by atoms with Crippen LogP contribution in [0.3, 0.4) is 0 Å². The van der Waals surface area contributed by atoms with Gasteiger partial charge in [0.05, 0.1) is 172 Å². The largest absolute Gasteiger partial charge is 0.491 e. The summed E-state index contributed by atoms with van der Waals surface area (Å²) in [4.78, 5) is 0. The van der Waals surface area contributed by atoms with Crippen molar-refractivity contribution < 1.29 is 76.5 Å². The Morgan fingerprint density at radius 1 is 0.232 bits per heavy atom. The van der Waals surface area contributed by atoms with Crippen LogP contribution in [0.5, 0.6) is 11.5 Å². The predicted molar refractivity (Wildman–Crippen MR) is 206 cm³/mol. The van der Waals surface area contributed by atoms with Crippen LogP contribution in [0, 0.1) is 0 Å². The summed E-state index contributed by atoms with van der Waals surface area (Å²) in [5.74, 6) is 1.50. The average molecular weight is 803 g/mol. The molecule has 0 saturated heterocycles. The van der Waals surface area contributed by atoms with Crippen LogP contribution in [-0.4, -0.2) is 182 Å². The molecule has 0 heterocycles. The van der Waals surface area contributed by atoms with Crippen LogP contribution in [0.15, 0.2) is 48.5 Å². The molecular formula is C40H66O16. The zero-order chi connectivity index (χ0) is 39.7. The van der Waals surface area contributed by atoms with Gasteiger partial charge < -0.3 is 76.5 Å². The molecule has 2 aromatic rings. The van der Waals surface area contributed by atoms with Crippen LogP contribution >= 0.6 is 0 Å². The minimum Gasteiger partial charge on any atom is -0.491 e. The molecule has 0 spiro atoms. The molecule has 0 bridgehead atoms. The summed E-state index contributed by atoms with van der Waals surface area (Å²) in [7, 11) is 0. The van der Waals surface area contributed by atoms with Gasteiger partial charge in [-0.05, 0) is 35.4 Å². The van der Waals surface area contributed by atoms with Crippen molar-refractivity contribution in [3.8, 4) is 11.5 Å². The maximum atomic E-state index is 9.05. The van der Waals surface area contributed by atoms with Gasteiger partial charge in [-0.2, -0.15) is 0 Å². The topological polar surface area (TPSA) is 170 Å². The second-order valence-corrected chi connectivity index (χ2v) is 11.6. The van der Waals surface area contributed by atoms with Gasteiger partial charge in [-0.25, -0.2) is 0 Å². The number of ether oxygens (including phenoxy) is 14. The standard InChI is InChI=1S/C40H66O16/c41-35-37-1-5-39(6-2-37)55-33-31-53-29-27-51-25-23-49-21-19-47-17-15-45-13-11-43-9-10-44-12-14-46-16-18-48-20-22-50-24-26-52-28-30-54-32-34-56-40-7-3-38(36-42)4-8-40/h1-8,41-42H,9-36H2. The summed E-state index contributed by atoms with van der Waals surface area (Å²) in [6, 6.07) is 14.6. The fraction of sp³-hybridized carbons (Fsp3) is 0.700. The summed E-state index contributed by atoms with van der Waals surface area (Å²) in [5, 5.41) is 18.1. The highest BCUT2D eigenvalue weighted by atomic mass is 16.6. The zero-order valence-corrected chi connectivity index (χ0v) is 33.0. The highest BCUT2D eigenvalue weighted by molar-refractivity contribution is 5.27. The number of benzene rings is 2. The van der Waals surface area contributed by atoms with E-state index in [-0.39, 0.29) is 13.2 Å². The Labute approximate surface area is 332 Å². The molecule has 0 aliphatic rings. The molecule has 322 valence electrons. The van der Waals surface area contributed by atoms with Gasteiger partial charge >= 0.3 is 0 Å². The fourth-order valence-electron chi connectivity index (χ4n) is 4.34. The number of aliphatic hydroxyl groups is 2. The normalized spacial score (nSPS) is 11.4. The highest BCUT2D eigenvalue weighted by Crippen LogP contribution is 2.12. The number of hydrogen-bond donors (Lipinski definition) is 2. The molecule has 56 heavy (non-hydrogen) atoms. The van der Waals surface area contributed by atoms with Crippen molar-refractivity contribution in [2.75, 3.05) is 172 Å². The molecule has 0 radical (unpaired) electrons. The second-order valence-electron chi connectivity index (χ2n) is 11.6. The first-order valence-corrected chi connectivity index (χ1v) is 19.4. The first-order chi connectivity index (χ1) is 27.8. The van der Waals surface area contributed by atoms with Crippen molar-refractivity contribution in [3.63, 3.8) is 0 Å². The minimum atomic E-state index is 0.0213. The molecular weight excluding hydrogens is 736 g/mol. The van der Waals surface area contributed by atoms with Gasteiger partial charge in [0.25, 0.3) is 0 Å². The summed E-state index contributed by atoms with van der Waals surface area (Å²) >= 11 is 0. The molecule has 2 aromatic carbocycles. The lowest BCUT2D eigenvalue weighted by molar-refractivity contribution is -0.0287. The molecule has 16 heteroatoms. The number of aliphatic hydroxyl groups excluding tert-OH is 2. The van der Waals surface area contributed by atoms with E-state index in [0.717, 1.165) is 22.6 Å². The first-order valence-electron chi connectivity index (χ1n) is 19.4. The summed E-state index contributed by atoms with van der Waals surface area (Å²) in [6.07, 6.45) is 0. The maximum Gasteiger partial charge on any atom is 0.119 e. The smallest absolute Gasteiger partial charge is 0.119 e. The Hall–Kier alpha value is -2.52. The van der Waals surface area contributed by atoms with Crippen LogP contribution in [0.2, 0.25) is 0 Å². The van der Waals surface area contributed by atoms with E-state index >= 15 is 0 Å². The van der Waals surface area contributed by atoms with E-state index in [1.54, 1.807) is 0 Å². The van der Waals surface area contributed by atoms with Crippen molar-refractivity contribution in [2.45, 2.75) is 13.2 Å². The summed E-state index contributed by atoms with van der Waals surface area (Å²) in [6.45, 7) is 12.7. The molecule has 0 saturated carbocycles. The first kappa shape index (κ1) is 49.6. The van der Waals surface area contributed by atoms with E-state index in [0.29, 0.717) is 172 Å². The van der Waals surface area contributed by atoms with Crippen LogP contribution in [0.1, 0.15) is 11.1 Å². The van der Waals surface area contributed by atoms with Crippen molar-refractivity contribution >= 4 is 0 Å².